The number of carbonyl (C=O) groups is 1. The van der Waals surface area contributed by atoms with Crippen LogP contribution in [0.3, 0.4) is 0 Å². The van der Waals surface area contributed by atoms with Gasteiger partial charge in [0.2, 0.25) is 0 Å². The van der Waals surface area contributed by atoms with Crippen molar-refractivity contribution in [3.63, 3.8) is 0 Å². The normalized spacial score (nSPS) is 20.3. The third-order valence-corrected chi connectivity index (χ3v) is 6.21. The first-order valence-electron chi connectivity index (χ1n) is 9.29. The summed E-state index contributed by atoms with van der Waals surface area (Å²) in [5, 5.41) is 3.45. The van der Waals surface area contributed by atoms with E-state index in [4.69, 9.17) is 9.47 Å². The molecule has 0 aliphatic carbocycles. The monoisotopic (exact) mass is 521 g/mol. The van der Waals surface area contributed by atoms with E-state index in [-0.39, 0.29) is 41.8 Å². The van der Waals surface area contributed by atoms with Crippen LogP contribution in [-0.2, 0) is 9.53 Å². The second-order valence-corrected chi connectivity index (χ2v) is 8.07. The van der Waals surface area contributed by atoms with E-state index in [0.29, 0.717) is 12.5 Å². The van der Waals surface area contributed by atoms with Crippen LogP contribution in [0.25, 0.3) is 0 Å². The highest BCUT2D eigenvalue weighted by atomic mass is 127. The maximum absolute atomic E-state index is 11.9. The highest BCUT2D eigenvalue weighted by Gasteiger charge is 2.36. The Balaban J connectivity index is 0.00000392. The first-order chi connectivity index (χ1) is 13.0. The fourth-order valence-electron chi connectivity index (χ4n) is 3.22. The van der Waals surface area contributed by atoms with E-state index in [2.05, 4.69) is 35.1 Å². The molecule has 1 aromatic rings. The van der Waals surface area contributed by atoms with Crippen LogP contribution in [0, 0.1) is 17.8 Å². The van der Waals surface area contributed by atoms with E-state index in [1.54, 1.807) is 25.9 Å². The van der Waals surface area contributed by atoms with Crippen molar-refractivity contribution >= 4 is 47.7 Å². The standard InChI is InChI=1S/C20H31N3O3S.HI/c1-14(13-27-18-9-7-6-8-17(18)25-4)10-22-20(21-3)23-11-15(2)16(12-23)19(24)26-5;/h6-9,14-16H,10-13H2,1-5H3,(H,21,22);1H. The van der Waals surface area contributed by atoms with Crippen LogP contribution in [-0.4, -0.2) is 63.5 Å². The van der Waals surface area contributed by atoms with Crippen molar-refractivity contribution in [2.24, 2.45) is 22.7 Å². The van der Waals surface area contributed by atoms with Crippen molar-refractivity contribution in [1.29, 1.82) is 0 Å². The molecule has 1 aliphatic rings. The number of benzene rings is 1. The quantitative estimate of drug-likeness (QED) is 0.195. The van der Waals surface area contributed by atoms with Crippen LogP contribution in [0.4, 0.5) is 0 Å². The van der Waals surface area contributed by atoms with Gasteiger partial charge in [-0.1, -0.05) is 26.0 Å². The number of guanidine groups is 1. The summed E-state index contributed by atoms with van der Waals surface area (Å²) in [7, 11) is 4.94. The number of para-hydroxylation sites is 1. The lowest BCUT2D eigenvalue weighted by atomic mass is 9.99. The number of thioether (sulfide) groups is 1. The number of nitrogens with zero attached hydrogens (tertiary/aromatic N) is 2. The molecule has 0 amide bonds. The highest BCUT2D eigenvalue weighted by molar-refractivity contribution is 14.0. The average Bonchev–Trinajstić information content (AvgIpc) is 3.07. The van der Waals surface area contributed by atoms with Crippen molar-refractivity contribution in [1.82, 2.24) is 10.2 Å². The molecular weight excluding hydrogens is 489 g/mol. The topological polar surface area (TPSA) is 63.2 Å². The Morgan fingerprint density at radius 1 is 1.36 bits per heavy atom. The highest BCUT2D eigenvalue weighted by Crippen LogP contribution is 2.30. The van der Waals surface area contributed by atoms with E-state index in [1.807, 2.05) is 18.2 Å². The number of hydrogen-bond donors (Lipinski definition) is 1. The molecule has 3 atom stereocenters. The first-order valence-corrected chi connectivity index (χ1v) is 10.3. The van der Waals surface area contributed by atoms with Crippen molar-refractivity contribution in [2.75, 3.05) is 46.7 Å². The zero-order chi connectivity index (χ0) is 19.8. The van der Waals surface area contributed by atoms with Crippen LogP contribution >= 0.6 is 35.7 Å². The Labute approximate surface area is 189 Å². The van der Waals surface area contributed by atoms with Crippen molar-refractivity contribution in [2.45, 2.75) is 18.7 Å². The van der Waals surface area contributed by atoms with Gasteiger partial charge in [-0.3, -0.25) is 9.79 Å². The van der Waals surface area contributed by atoms with E-state index < -0.39 is 0 Å². The molecule has 1 fully saturated rings. The Bertz CT molecular complexity index is 659. The van der Waals surface area contributed by atoms with Gasteiger partial charge >= 0.3 is 5.97 Å². The second kappa shape index (κ2) is 12.4. The van der Waals surface area contributed by atoms with Gasteiger partial charge in [0.15, 0.2) is 5.96 Å². The average molecular weight is 521 g/mol. The number of esters is 1. The second-order valence-electron chi connectivity index (χ2n) is 7.01. The van der Waals surface area contributed by atoms with Crippen LogP contribution < -0.4 is 10.1 Å². The molecule has 3 unspecified atom stereocenters. The van der Waals surface area contributed by atoms with Gasteiger partial charge in [0.1, 0.15) is 5.75 Å². The van der Waals surface area contributed by atoms with Gasteiger partial charge in [0, 0.05) is 37.3 Å². The van der Waals surface area contributed by atoms with E-state index in [9.17, 15) is 4.79 Å². The summed E-state index contributed by atoms with van der Waals surface area (Å²) in [6, 6.07) is 8.08. The van der Waals surface area contributed by atoms with E-state index in [0.717, 1.165) is 35.4 Å². The Morgan fingerprint density at radius 2 is 2.07 bits per heavy atom. The van der Waals surface area contributed by atoms with E-state index in [1.165, 1.54) is 7.11 Å². The Hall–Kier alpha value is -1.16. The smallest absolute Gasteiger partial charge is 0.310 e. The number of hydrogen-bond acceptors (Lipinski definition) is 5. The first kappa shape index (κ1) is 24.9. The number of ether oxygens (including phenoxy) is 2. The summed E-state index contributed by atoms with van der Waals surface area (Å²) >= 11 is 1.80. The SMILES string of the molecule is CN=C(NCC(C)CSc1ccccc1OC)N1CC(C)C(C(=O)OC)C1.I. The lowest BCUT2D eigenvalue weighted by molar-refractivity contribution is -0.145. The number of carbonyl (C=O) groups excluding carboxylic acids is 1. The van der Waals surface area contributed by atoms with Crippen molar-refractivity contribution in [3.8, 4) is 5.75 Å². The molecule has 0 spiro atoms. The minimum absolute atomic E-state index is 0. The fourth-order valence-corrected chi connectivity index (χ4v) is 4.28. The molecule has 0 saturated carbocycles. The zero-order valence-corrected chi connectivity index (χ0v) is 20.5. The number of rotatable bonds is 7. The Morgan fingerprint density at radius 3 is 2.71 bits per heavy atom. The summed E-state index contributed by atoms with van der Waals surface area (Å²) in [5.74, 6) is 3.23. The maximum atomic E-state index is 11.9. The maximum Gasteiger partial charge on any atom is 0.310 e. The molecule has 1 saturated heterocycles. The minimum atomic E-state index is -0.137. The van der Waals surface area contributed by atoms with Crippen LogP contribution in [0.5, 0.6) is 5.75 Å². The molecule has 1 heterocycles. The third kappa shape index (κ3) is 6.72. The lowest BCUT2D eigenvalue weighted by Gasteiger charge is -2.23. The zero-order valence-electron chi connectivity index (χ0n) is 17.3. The summed E-state index contributed by atoms with van der Waals surface area (Å²) in [4.78, 5) is 19.6. The molecular formula is C20H32IN3O3S. The summed E-state index contributed by atoms with van der Waals surface area (Å²) < 4.78 is 10.3. The molecule has 0 aromatic heterocycles. The molecule has 0 radical (unpaired) electrons. The lowest BCUT2D eigenvalue weighted by Crippen LogP contribution is -2.42. The van der Waals surface area contributed by atoms with E-state index >= 15 is 0 Å². The largest absolute Gasteiger partial charge is 0.496 e. The number of methoxy groups -OCH3 is 2. The minimum Gasteiger partial charge on any atom is -0.496 e. The number of likely N-dealkylation sites (tertiary alicyclic amines) is 1. The van der Waals surface area contributed by atoms with Gasteiger partial charge in [-0.15, -0.1) is 35.7 Å². The van der Waals surface area contributed by atoms with Crippen molar-refractivity contribution in [3.05, 3.63) is 24.3 Å². The summed E-state index contributed by atoms with van der Waals surface area (Å²) in [5.41, 5.74) is 0. The number of halogens is 1. The van der Waals surface area contributed by atoms with Gasteiger partial charge < -0.3 is 19.7 Å². The fraction of sp³-hybridized carbons (Fsp3) is 0.600. The number of nitrogens with one attached hydrogen (secondary N) is 1. The summed E-state index contributed by atoms with van der Waals surface area (Å²) in [6.07, 6.45) is 0. The molecule has 28 heavy (non-hydrogen) atoms. The molecule has 1 aromatic carbocycles. The predicted octanol–water partition coefficient (Wildman–Crippen LogP) is 3.36. The van der Waals surface area contributed by atoms with Crippen molar-refractivity contribution < 1.29 is 14.3 Å². The third-order valence-electron chi connectivity index (χ3n) is 4.83. The molecule has 1 N–H and O–H groups in total. The van der Waals surface area contributed by atoms with Gasteiger partial charge in [0.05, 0.1) is 20.1 Å². The van der Waals surface area contributed by atoms with Gasteiger partial charge in [0.25, 0.3) is 0 Å². The van der Waals surface area contributed by atoms with Crippen LogP contribution in [0.15, 0.2) is 34.2 Å². The van der Waals surface area contributed by atoms with Gasteiger partial charge in [-0.05, 0) is 24.0 Å². The predicted molar refractivity (Wildman–Crippen MR) is 126 cm³/mol. The molecule has 158 valence electrons. The summed E-state index contributed by atoms with van der Waals surface area (Å²) in [6.45, 7) is 6.58. The molecule has 0 bridgehead atoms. The number of aliphatic imine (C=N–C) groups is 1. The van der Waals surface area contributed by atoms with Crippen LogP contribution in [0.1, 0.15) is 13.8 Å². The van der Waals surface area contributed by atoms with Gasteiger partial charge in [-0.2, -0.15) is 0 Å². The molecule has 2 rings (SSSR count). The molecule has 1 aliphatic heterocycles. The van der Waals surface area contributed by atoms with Crippen LogP contribution in [0.2, 0.25) is 0 Å². The Kier molecular flexibility index (Phi) is 11.0. The van der Waals surface area contributed by atoms with Gasteiger partial charge in [-0.25, -0.2) is 0 Å². The molecule has 6 nitrogen and oxygen atoms in total. The molecule has 8 heteroatoms.